The Hall–Kier alpha value is -2.61. The fourth-order valence-corrected chi connectivity index (χ4v) is 9.52. The summed E-state index contributed by atoms with van der Waals surface area (Å²) in [7, 11) is 0. The van der Waals surface area contributed by atoms with Gasteiger partial charge in [-0.3, -0.25) is 0 Å². The van der Waals surface area contributed by atoms with Gasteiger partial charge >= 0.3 is 0 Å². The minimum atomic E-state index is 0.318. The Morgan fingerprint density at radius 1 is 0.538 bits per heavy atom. The molecular formula is C33H27BS5. The molecule has 39 heavy (non-hydrogen) atoms. The molecule has 0 N–H and O–H groups in total. The summed E-state index contributed by atoms with van der Waals surface area (Å²) in [4.78, 5) is 8.01. The van der Waals surface area contributed by atoms with Gasteiger partial charge in [0.25, 0.3) is 5.99 Å². The molecule has 192 valence electrons. The average Bonchev–Trinajstić information content (AvgIpc) is 3.80. The molecule has 0 amide bonds. The highest BCUT2D eigenvalue weighted by atomic mass is 32.2. The third kappa shape index (κ3) is 5.29. The zero-order valence-corrected chi connectivity index (χ0v) is 26.1. The average molecular weight is 595 g/mol. The number of rotatable bonds is 5. The van der Waals surface area contributed by atoms with Crippen molar-refractivity contribution in [1.29, 1.82) is 0 Å². The monoisotopic (exact) mass is 594 g/mol. The Bertz CT molecular complexity index is 1590. The Morgan fingerprint density at radius 3 is 1.41 bits per heavy atom. The quantitative estimate of drug-likeness (QED) is 0.179. The van der Waals surface area contributed by atoms with Crippen molar-refractivity contribution in [1.82, 2.24) is 0 Å². The molecule has 0 bridgehead atoms. The van der Waals surface area contributed by atoms with Crippen molar-refractivity contribution >= 4 is 86.0 Å². The molecular weight excluding hydrogens is 568 g/mol. The van der Waals surface area contributed by atoms with Crippen LogP contribution in [0.25, 0.3) is 52.5 Å². The molecule has 0 radical (unpaired) electrons. The van der Waals surface area contributed by atoms with E-state index in [1.54, 1.807) is 22.7 Å². The molecule has 1 aliphatic heterocycles. The molecule has 0 unspecified atom stereocenters. The summed E-state index contributed by atoms with van der Waals surface area (Å²) in [6, 6.07) is 31.7. The Balaban J connectivity index is 0.00000135. The lowest BCUT2D eigenvalue weighted by Crippen LogP contribution is -2.41. The van der Waals surface area contributed by atoms with E-state index < -0.39 is 0 Å². The highest BCUT2D eigenvalue weighted by Gasteiger charge is 2.25. The summed E-state index contributed by atoms with van der Waals surface area (Å²) in [5.41, 5.74) is 8.01. The molecule has 2 aromatic carbocycles. The maximum Gasteiger partial charge on any atom is 0.275 e. The van der Waals surface area contributed by atoms with Gasteiger partial charge in [-0.25, -0.2) is 11.6 Å². The number of benzene rings is 2. The van der Waals surface area contributed by atoms with Crippen LogP contribution in [0.5, 0.6) is 0 Å². The number of hydrogen-bond acceptors (Lipinski definition) is 5. The van der Waals surface area contributed by atoms with Gasteiger partial charge in [0.05, 0.1) is 0 Å². The number of hydrogen-bond donors (Lipinski definition) is 0. The van der Waals surface area contributed by atoms with Crippen LogP contribution in [0.3, 0.4) is 0 Å². The first-order valence-electron chi connectivity index (χ1n) is 13.0. The Labute approximate surface area is 251 Å². The van der Waals surface area contributed by atoms with Gasteiger partial charge in [0.1, 0.15) is 0 Å². The Morgan fingerprint density at radius 2 is 1.00 bits per heavy atom. The molecule has 0 saturated heterocycles. The van der Waals surface area contributed by atoms with Crippen LogP contribution in [0.1, 0.15) is 25.0 Å². The predicted octanol–water partition coefficient (Wildman–Crippen LogP) is 10.6. The van der Waals surface area contributed by atoms with E-state index in [0.29, 0.717) is 5.99 Å². The summed E-state index contributed by atoms with van der Waals surface area (Å²) in [6.45, 7) is 4.00. The largest absolute Gasteiger partial charge is 0.275 e. The summed E-state index contributed by atoms with van der Waals surface area (Å²) in [5.74, 6) is 0.318. The second kappa shape index (κ2) is 11.9. The third-order valence-electron chi connectivity index (χ3n) is 6.73. The maximum absolute atomic E-state index is 2.37. The fraction of sp³-hybridized carbons (Fsp3) is 0.0909. The first kappa shape index (κ1) is 26.6. The van der Waals surface area contributed by atoms with E-state index in [-0.39, 0.29) is 0 Å². The number of thiophene rings is 4. The normalized spacial score (nSPS) is 11.9. The van der Waals surface area contributed by atoms with Gasteiger partial charge in [0.15, 0.2) is 0 Å². The molecule has 0 spiro atoms. The molecule has 0 aliphatic carbocycles. The van der Waals surface area contributed by atoms with Crippen molar-refractivity contribution in [3.63, 3.8) is 0 Å². The minimum Gasteiger partial charge on any atom is -0.200 e. The van der Waals surface area contributed by atoms with E-state index in [2.05, 4.69) is 114 Å². The lowest BCUT2D eigenvalue weighted by molar-refractivity contribution is 1.50. The molecule has 0 saturated carbocycles. The zero-order valence-electron chi connectivity index (χ0n) is 22.0. The van der Waals surface area contributed by atoms with Gasteiger partial charge in [-0.05, 0) is 87.8 Å². The molecule has 0 atom stereocenters. The zero-order chi connectivity index (χ0) is 26.8. The van der Waals surface area contributed by atoms with Gasteiger partial charge in [0.2, 0.25) is 0 Å². The molecule has 6 heteroatoms. The topological polar surface area (TPSA) is 0 Å². The highest BCUT2D eigenvalue weighted by molar-refractivity contribution is 8.27. The summed E-state index contributed by atoms with van der Waals surface area (Å²) in [6.07, 6.45) is 6.86. The molecule has 1 aliphatic rings. The van der Waals surface area contributed by atoms with Crippen LogP contribution in [0.2, 0.25) is 0 Å². The standard InChI is InChI=1S/C31H21BS5.C2H6/c1-33-32-24-10-8-22(26-12-14-30(36-26)28-4-2-16-34-28)18-20(24)6-7-21-19-23(9-11-25(21)32)27-13-15-31(37-27)29-5-3-17-35-29;1-2/h2-19H,1H3;1-2H3. The van der Waals surface area contributed by atoms with Crippen molar-refractivity contribution in [2.45, 2.75) is 13.8 Å². The van der Waals surface area contributed by atoms with E-state index in [4.69, 9.17) is 0 Å². The first-order valence-corrected chi connectivity index (χ1v) is 17.7. The van der Waals surface area contributed by atoms with Crippen LogP contribution < -0.4 is 10.9 Å². The molecule has 0 nitrogen and oxygen atoms in total. The first-order chi connectivity index (χ1) is 19.3. The van der Waals surface area contributed by atoms with Gasteiger partial charge in [-0.1, -0.05) is 73.3 Å². The minimum absolute atomic E-state index is 0.318. The van der Waals surface area contributed by atoms with Crippen molar-refractivity contribution in [2.24, 2.45) is 0 Å². The van der Waals surface area contributed by atoms with Crippen LogP contribution in [-0.4, -0.2) is 12.2 Å². The van der Waals surface area contributed by atoms with Crippen LogP contribution in [-0.2, 0) is 0 Å². The highest BCUT2D eigenvalue weighted by Crippen LogP contribution is 2.38. The van der Waals surface area contributed by atoms with E-state index >= 15 is 0 Å². The molecule has 4 aromatic heterocycles. The van der Waals surface area contributed by atoms with Crippen LogP contribution in [0.4, 0.5) is 0 Å². The van der Waals surface area contributed by atoms with E-state index in [9.17, 15) is 0 Å². The second-order valence-electron chi connectivity index (χ2n) is 8.92. The van der Waals surface area contributed by atoms with Crippen LogP contribution in [0, 0.1) is 0 Å². The van der Waals surface area contributed by atoms with E-state index in [1.165, 1.54) is 62.4 Å². The molecule has 5 heterocycles. The third-order valence-corrected chi connectivity index (χ3v) is 12.1. The lowest BCUT2D eigenvalue weighted by atomic mass is 9.59. The van der Waals surface area contributed by atoms with E-state index in [0.717, 1.165) is 0 Å². The smallest absolute Gasteiger partial charge is 0.200 e. The van der Waals surface area contributed by atoms with Gasteiger partial charge in [0, 0.05) is 29.3 Å². The van der Waals surface area contributed by atoms with E-state index in [1.807, 2.05) is 48.1 Å². The van der Waals surface area contributed by atoms with Crippen molar-refractivity contribution in [3.8, 4) is 40.4 Å². The van der Waals surface area contributed by atoms with Crippen molar-refractivity contribution in [3.05, 3.63) is 107 Å². The summed E-state index contributed by atoms with van der Waals surface area (Å²) in [5, 5.41) is 4.29. The maximum atomic E-state index is 2.37. The van der Waals surface area contributed by atoms with Gasteiger partial charge < -0.3 is 0 Å². The fourth-order valence-electron chi connectivity index (χ4n) is 4.91. The molecule has 0 fully saturated rings. The summed E-state index contributed by atoms with van der Waals surface area (Å²) < 4.78 is 0. The molecule has 7 rings (SSSR count). The second-order valence-corrected chi connectivity index (χ2v) is 13.9. The van der Waals surface area contributed by atoms with Crippen molar-refractivity contribution < 1.29 is 0 Å². The number of fused-ring (bicyclic) bond motifs is 2. The summed E-state index contributed by atoms with van der Waals surface area (Å²) >= 11 is 9.28. The predicted molar refractivity (Wildman–Crippen MR) is 185 cm³/mol. The van der Waals surface area contributed by atoms with Crippen LogP contribution in [0.15, 0.2) is 95.7 Å². The van der Waals surface area contributed by atoms with Crippen LogP contribution >= 0.6 is 57.0 Å². The lowest BCUT2D eigenvalue weighted by Gasteiger charge is -2.16. The Kier molecular flexibility index (Phi) is 8.10. The van der Waals surface area contributed by atoms with Gasteiger partial charge in [-0.15, -0.1) is 45.3 Å². The van der Waals surface area contributed by atoms with Crippen molar-refractivity contribution in [2.75, 3.05) is 6.26 Å². The van der Waals surface area contributed by atoms with Gasteiger partial charge in [-0.2, -0.15) is 0 Å². The molecule has 6 aromatic rings. The SMILES string of the molecule is CC.CSB1c2ccc(-c3ccc(-c4cccs4)s3)cc2C=Cc2cc(-c3ccc(-c4cccs4)s3)ccc21.